The monoisotopic (exact) mass is 517 g/mol. The fraction of sp³-hybridized carbons (Fsp3) is 0.280. The number of nitrogens with zero attached hydrogens (tertiary/aromatic N) is 2. The van der Waals surface area contributed by atoms with Crippen molar-refractivity contribution in [2.75, 3.05) is 18.7 Å². The van der Waals surface area contributed by atoms with Crippen molar-refractivity contribution in [2.45, 2.75) is 33.0 Å². The maximum Gasteiger partial charge on any atom is 0.322 e. The van der Waals surface area contributed by atoms with E-state index in [4.69, 9.17) is 21.1 Å². The van der Waals surface area contributed by atoms with E-state index in [-0.39, 0.29) is 30.3 Å². The van der Waals surface area contributed by atoms with Crippen LogP contribution >= 0.6 is 22.9 Å². The number of hydrogen-bond acceptors (Lipinski definition) is 5. The Morgan fingerprint density at radius 1 is 1.11 bits per heavy atom. The van der Waals surface area contributed by atoms with Gasteiger partial charge in [0.1, 0.15) is 12.4 Å². The molecule has 1 aliphatic rings. The molecule has 10 heteroatoms. The highest BCUT2D eigenvalue weighted by atomic mass is 35.5. The molecule has 0 aliphatic carbocycles. The fourth-order valence-electron chi connectivity index (χ4n) is 3.59. The van der Waals surface area contributed by atoms with E-state index in [0.717, 1.165) is 10.4 Å². The van der Waals surface area contributed by atoms with Crippen LogP contribution in [0.15, 0.2) is 53.9 Å². The summed E-state index contributed by atoms with van der Waals surface area (Å²) in [6, 6.07) is 12.7. The van der Waals surface area contributed by atoms with Crippen LogP contribution in [-0.2, 0) is 17.9 Å². The Bertz CT molecular complexity index is 1210. The lowest BCUT2D eigenvalue weighted by molar-refractivity contribution is -0.133. The fourth-order valence-corrected chi connectivity index (χ4v) is 4.49. The second-order valence-electron chi connectivity index (χ2n) is 8.30. The highest BCUT2D eigenvalue weighted by Crippen LogP contribution is 2.33. The smallest absolute Gasteiger partial charge is 0.322 e. The molecular formula is C25H25ClFN3O4S. The predicted octanol–water partition coefficient (Wildman–Crippen LogP) is 5.74. The minimum atomic E-state index is -0.576. The summed E-state index contributed by atoms with van der Waals surface area (Å²) in [5.74, 6) is 0.533. The van der Waals surface area contributed by atoms with Gasteiger partial charge < -0.3 is 24.6 Å². The van der Waals surface area contributed by atoms with Gasteiger partial charge in [-0.15, -0.1) is 11.3 Å². The summed E-state index contributed by atoms with van der Waals surface area (Å²) in [5.41, 5.74) is 1.23. The molecule has 3 amide bonds. The van der Waals surface area contributed by atoms with Crippen LogP contribution < -0.4 is 14.8 Å². The minimum absolute atomic E-state index is 0.0965. The van der Waals surface area contributed by atoms with Gasteiger partial charge in [0.2, 0.25) is 12.7 Å². The molecule has 2 heterocycles. The van der Waals surface area contributed by atoms with Crippen LogP contribution in [0.5, 0.6) is 11.5 Å². The molecule has 184 valence electrons. The zero-order valence-electron chi connectivity index (χ0n) is 19.3. The van der Waals surface area contributed by atoms with Crippen molar-refractivity contribution in [3.05, 3.63) is 75.2 Å². The number of amides is 3. The molecule has 0 atom stereocenters. The molecule has 1 N–H and O–H groups in total. The normalized spacial score (nSPS) is 12.0. The maximum absolute atomic E-state index is 13.5. The average molecular weight is 518 g/mol. The van der Waals surface area contributed by atoms with Crippen molar-refractivity contribution in [2.24, 2.45) is 0 Å². The number of benzene rings is 2. The molecule has 0 fully saturated rings. The van der Waals surface area contributed by atoms with Gasteiger partial charge in [-0.25, -0.2) is 9.18 Å². The average Bonchev–Trinajstić information content (AvgIpc) is 3.50. The molecule has 7 nitrogen and oxygen atoms in total. The largest absolute Gasteiger partial charge is 0.454 e. The number of thiophene rings is 1. The molecule has 0 unspecified atom stereocenters. The number of carbonyl (C=O) groups is 2. The number of carbonyl (C=O) groups excluding carboxylic acids is 2. The highest BCUT2D eigenvalue weighted by Gasteiger charge is 2.25. The SMILES string of the molecule is CC(C)N(CC(=O)N(Cc1ccc2c(c1)OCO2)Cc1cccs1)C(=O)Nc1ccc(F)c(Cl)c1. The molecule has 4 rings (SSSR count). The van der Waals surface area contributed by atoms with Crippen molar-refractivity contribution in [1.82, 2.24) is 9.80 Å². The van der Waals surface area contributed by atoms with Crippen LogP contribution in [0.2, 0.25) is 5.02 Å². The van der Waals surface area contributed by atoms with Gasteiger partial charge in [0.25, 0.3) is 0 Å². The molecule has 0 spiro atoms. The van der Waals surface area contributed by atoms with Crippen LogP contribution in [0, 0.1) is 5.82 Å². The standard InChI is InChI=1S/C25H25ClFN3O4S/c1-16(2)30(25(32)28-18-6-7-21(27)20(26)11-18)14-24(31)29(13-19-4-3-9-35-19)12-17-5-8-22-23(10-17)34-15-33-22/h3-11,16H,12-15H2,1-2H3,(H,28,32). The third kappa shape index (κ3) is 6.23. The number of rotatable bonds is 8. The summed E-state index contributed by atoms with van der Waals surface area (Å²) in [4.78, 5) is 30.6. The first-order chi connectivity index (χ1) is 16.8. The third-order valence-electron chi connectivity index (χ3n) is 5.45. The van der Waals surface area contributed by atoms with Gasteiger partial charge in [0.15, 0.2) is 11.5 Å². The topological polar surface area (TPSA) is 71.1 Å². The van der Waals surface area contributed by atoms with E-state index >= 15 is 0 Å². The lowest BCUT2D eigenvalue weighted by Crippen LogP contribution is -2.47. The Labute approximate surface area is 212 Å². The summed E-state index contributed by atoms with van der Waals surface area (Å²) in [5, 5.41) is 4.56. The van der Waals surface area contributed by atoms with Crippen molar-refractivity contribution < 1.29 is 23.5 Å². The van der Waals surface area contributed by atoms with Crippen molar-refractivity contribution >= 4 is 40.6 Å². The summed E-state index contributed by atoms with van der Waals surface area (Å²) in [6.07, 6.45) is 0. The molecule has 0 radical (unpaired) electrons. The molecule has 1 aromatic heterocycles. The van der Waals surface area contributed by atoms with Crippen LogP contribution in [0.25, 0.3) is 0 Å². The Balaban J connectivity index is 1.50. The highest BCUT2D eigenvalue weighted by molar-refractivity contribution is 7.09. The van der Waals surface area contributed by atoms with Gasteiger partial charge in [-0.2, -0.15) is 0 Å². The number of nitrogens with one attached hydrogen (secondary N) is 1. The van der Waals surface area contributed by atoms with E-state index in [9.17, 15) is 14.0 Å². The van der Waals surface area contributed by atoms with Crippen LogP contribution in [0.3, 0.4) is 0 Å². The lowest BCUT2D eigenvalue weighted by Gasteiger charge is -2.30. The molecule has 0 saturated heterocycles. The number of urea groups is 1. The number of anilines is 1. The molecular weight excluding hydrogens is 493 g/mol. The minimum Gasteiger partial charge on any atom is -0.454 e. The zero-order valence-corrected chi connectivity index (χ0v) is 20.9. The first-order valence-corrected chi connectivity index (χ1v) is 12.3. The summed E-state index contributed by atoms with van der Waals surface area (Å²) < 4.78 is 24.3. The molecule has 1 aliphatic heterocycles. The Morgan fingerprint density at radius 2 is 1.91 bits per heavy atom. The van der Waals surface area contributed by atoms with Crippen molar-refractivity contribution in [3.63, 3.8) is 0 Å². The Hall–Kier alpha value is -3.30. The van der Waals surface area contributed by atoms with E-state index < -0.39 is 11.8 Å². The molecule has 0 bridgehead atoms. The Morgan fingerprint density at radius 3 is 2.63 bits per heavy atom. The van der Waals surface area contributed by atoms with Crippen LogP contribution in [-0.4, -0.2) is 41.1 Å². The Kier molecular flexibility index (Phi) is 7.77. The van der Waals surface area contributed by atoms with E-state index in [1.165, 1.54) is 23.1 Å². The third-order valence-corrected chi connectivity index (χ3v) is 6.60. The number of hydrogen-bond donors (Lipinski definition) is 1. The number of fused-ring (bicyclic) bond motifs is 1. The van der Waals surface area contributed by atoms with Crippen LogP contribution in [0.4, 0.5) is 14.9 Å². The van der Waals surface area contributed by atoms with Crippen LogP contribution in [0.1, 0.15) is 24.3 Å². The second kappa shape index (κ2) is 11.0. The second-order valence-corrected chi connectivity index (χ2v) is 9.74. The molecule has 35 heavy (non-hydrogen) atoms. The summed E-state index contributed by atoms with van der Waals surface area (Å²) in [7, 11) is 0. The molecule has 0 saturated carbocycles. The van der Waals surface area contributed by atoms with E-state index in [1.54, 1.807) is 16.2 Å². The van der Waals surface area contributed by atoms with Gasteiger partial charge in [-0.1, -0.05) is 23.7 Å². The maximum atomic E-state index is 13.5. The van der Waals surface area contributed by atoms with Gasteiger partial charge in [0, 0.05) is 23.2 Å². The van der Waals surface area contributed by atoms with Gasteiger partial charge in [-0.3, -0.25) is 4.79 Å². The number of ether oxygens (including phenoxy) is 2. The molecule has 2 aromatic carbocycles. The van der Waals surface area contributed by atoms with Crippen molar-refractivity contribution in [3.8, 4) is 11.5 Å². The molecule has 3 aromatic rings. The van der Waals surface area contributed by atoms with Gasteiger partial charge >= 0.3 is 6.03 Å². The van der Waals surface area contributed by atoms with E-state index in [0.29, 0.717) is 30.3 Å². The first kappa shape index (κ1) is 24.8. The predicted molar refractivity (Wildman–Crippen MR) is 133 cm³/mol. The zero-order chi connectivity index (χ0) is 24.9. The summed E-state index contributed by atoms with van der Waals surface area (Å²) >= 11 is 7.39. The van der Waals surface area contributed by atoms with E-state index in [1.807, 2.05) is 49.6 Å². The number of halogens is 2. The quantitative estimate of drug-likeness (QED) is 0.413. The van der Waals surface area contributed by atoms with Gasteiger partial charge in [0.05, 0.1) is 11.6 Å². The summed E-state index contributed by atoms with van der Waals surface area (Å²) in [6.45, 7) is 4.45. The first-order valence-electron chi connectivity index (χ1n) is 11.0. The van der Waals surface area contributed by atoms with E-state index in [2.05, 4.69) is 5.32 Å². The lowest BCUT2D eigenvalue weighted by atomic mass is 10.2. The van der Waals surface area contributed by atoms with Gasteiger partial charge in [-0.05, 0) is 61.2 Å². The van der Waals surface area contributed by atoms with Crippen molar-refractivity contribution in [1.29, 1.82) is 0 Å².